The predicted molar refractivity (Wildman–Crippen MR) is 83.9 cm³/mol. The van der Waals surface area contributed by atoms with Crippen LogP contribution in [0.5, 0.6) is 0 Å². The molecule has 0 aliphatic rings. The molecular weight excluding hydrogens is 319 g/mol. The van der Waals surface area contributed by atoms with Crippen molar-refractivity contribution in [3.8, 4) is 5.69 Å². The minimum atomic E-state index is -0.363. The lowest BCUT2D eigenvalue weighted by atomic mass is 10.2. The lowest BCUT2D eigenvalue weighted by Gasteiger charge is -2.04. The van der Waals surface area contributed by atoms with Crippen molar-refractivity contribution in [2.75, 3.05) is 0 Å². The van der Waals surface area contributed by atoms with Crippen molar-refractivity contribution < 1.29 is 9.18 Å². The first-order valence-corrected chi connectivity index (χ1v) is 7.21. The first-order chi connectivity index (χ1) is 11.1. The summed E-state index contributed by atoms with van der Waals surface area (Å²) in [5.41, 5.74) is 1.60. The van der Waals surface area contributed by atoms with Gasteiger partial charge in [-0.15, -0.1) is 5.10 Å². The maximum Gasteiger partial charge on any atom is 0.273 e. The van der Waals surface area contributed by atoms with Gasteiger partial charge in [0.15, 0.2) is 5.69 Å². The van der Waals surface area contributed by atoms with E-state index in [1.165, 1.54) is 23.0 Å². The van der Waals surface area contributed by atoms with Crippen LogP contribution in [-0.4, -0.2) is 20.9 Å². The monoisotopic (exact) mass is 330 g/mol. The molecule has 2 aromatic carbocycles. The second-order valence-corrected chi connectivity index (χ2v) is 5.21. The molecule has 1 N–H and O–H groups in total. The number of nitrogens with zero attached hydrogens (tertiary/aromatic N) is 3. The summed E-state index contributed by atoms with van der Waals surface area (Å²) in [5.74, 6) is -0.704. The third-order valence-corrected chi connectivity index (χ3v) is 3.58. The predicted octanol–water partition coefficient (Wildman–Crippen LogP) is 2.99. The fraction of sp³-hybridized carbons (Fsp3) is 0.0625. The van der Waals surface area contributed by atoms with Crippen molar-refractivity contribution in [1.82, 2.24) is 20.3 Å². The lowest BCUT2D eigenvalue weighted by Crippen LogP contribution is -2.23. The Hall–Kier alpha value is -2.73. The molecule has 116 valence electrons. The van der Waals surface area contributed by atoms with Gasteiger partial charge < -0.3 is 5.32 Å². The van der Waals surface area contributed by atoms with E-state index in [0.717, 1.165) is 5.56 Å². The molecule has 0 aliphatic heterocycles. The highest BCUT2D eigenvalue weighted by atomic mass is 35.5. The first kappa shape index (κ1) is 15.2. The van der Waals surface area contributed by atoms with Crippen molar-refractivity contribution in [3.63, 3.8) is 0 Å². The average Bonchev–Trinajstić information content (AvgIpc) is 3.04. The molecule has 3 aromatic rings. The topological polar surface area (TPSA) is 59.8 Å². The largest absolute Gasteiger partial charge is 0.346 e. The van der Waals surface area contributed by atoms with Crippen LogP contribution in [0.3, 0.4) is 0 Å². The van der Waals surface area contributed by atoms with E-state index in [1.54, 1.807) is 18.2 Å². The van der Waals surface area contributed by atoms with Gasteiger partial charge in [-0.1, -0.05) is 35.0 Å². The molecule has 0 aliphatic carbocycles. The molecule has 0 saturated heterocycles. The Labute approximate surface area is 136 Å². The Kier molecular flexibility index (Phi) is 4.34. The SMILES string of the molecule is O=C(NCc1ccccc1Cl)c1cn(-c2ccc(F)cc2)nn1. The van der Waals surface area contributed by atoms with Crippen LogP contribution in [-0.2, 0) is 6.54 Å². The Morgan fingerprint density at radius 1 is 1.17 bits per heavy atom. The molecule has 3 rings (SSSR count). The Morgan fingerprint density at radius 3 is 2.65 bits per heavy atom. The van der Waals surface area contributed by atoms with Gasteiger partial charge in [-0.05, 0) is 35.9 Å². The van der Waals surface area contributed by atoms with Gasteiger partial charge in [0.1, 0.15) is 5.82 Å². The highest BCUT2D eigenvalue weighted by Crippen LogP contribution is 2.14. The van der Waals surface area contributed by atoms with E-state index >= 15 is 0 Å². The Balaban J connectivity index is 1.69. The van der Waals surface area contributed by atoms with Gasteiger partial charge in [-0.25, -0.2) is 9.07 Å². The van der Waals surface area contributed by atoms with Crippen molar-refractivity contribution in [3.05, 3.63) is 76.8 Å². The summed E-state index contributed by atoms with van der Waals surface area (Å²) in [6.45, 7) is 0.294. The average molecular weight is 331 g/mol. The van der Waals surface area contributed by atoms with Gasteiger partial charge in [0.2, 0.25) is 0 Å². The second-order valence-electron chi connectivity index (χ2n) is 4.80. The van der Waals surface area contributed by atoms with E-state index < -0.39 is 0 Å². The summed E-state index contributed by atoms with van der Waals surface area (Å²) in [6.07, 6.45) is 1.48. The number of carbonyl (C=O) groups excluding carboxylic acids is 1. The van der Waals surface area contributed by atoms with Crippen LogP contribution < -0.4 is 5.32 Å². The van der Waals surface area contributed by atoms with Crippen LogP contribution >= 0.6 is 11.6 Å². The molecule has 0 unspecified atom stereocenters. The van der Waals surface area contributed by atoms with Crippen LogP contribution in [0, 0.1) is 5.82 Å². The van der Waals surface area contributed by atoms with Gasteiger partial charge in [0, 0.05) is 11.6 Å². The lowest BCUT2D eigenvalue weighted by molar-refractivity contribution is 0.0946. The minimum Gasteiger partial charge on any atom is -0.346 e. The van der Waals surface area contributed by atoms with E-state index in [-0.39, 0.29) is 17.4 Å². The normalized spacial score (nSPS) is 10.5. The number of aromatic nitrogens is 3. The molecule has 23 heavy (non-hydrogen) atoms. The Morgan fingerprint density at radius 2 is 1.91 bits per heavy atom. The molecule has 0 saturated carbocycles. The zero-order chi connectivity index (χ0) is 16.2. The number of rotatable bonds is 4. The molecule has 1 amide bonds. The minimum absolute atomic E-state index is 0.168. The van der Waals surface area contributed by atoms with E-state index in [0.29, 0.717) is 17.3 Å². The number of benzene rings is 2. The molecule has 1 aromatic heterocycles. The maximum atomic E-state index is 12.9. The molecule has 0 fully saturated rings. The van der Waals surface area contributed by atoms with Crippen LogP contribution in [0.4, 0.5) is 4.39 Å². The summed E-state index contributed by atoms with van der Waals surface area (Å²) in [5, 5.41) is 11.0. The van der Waals surface area contributed by atoms with Gasteiger partial charge in [0.25, 0.3) is 5.91 Å². The standard InChI is InChI=1S/C16H12ClFN4O/c17-14-4-2-1-3-11(14)9-19-16(23)15-10-22(21-20-15)13-7-5-12(18)6-8-13/h1-8,10H,9H2,(H,19,23). The summed E-state index contributed by atoms with van der Waals surface area (Å²) in [7, 11) is 0. The quantitative estimate of drug-likeness (QED) is 0.800. The Bertz CT molecular complexity index is 832. The highest BCUT2D eigenvalue weighted by molar-refractivity contribution is 6.31. The zero-order valence-corrected chi connectivity index (χ0v) is 12.7. The molecule has 0 atom stereocenters. The molecule has 0 spiro atoms. The second kappa shape index (κ2) is 6.58. The van der Waals surface area contributed by atoms with Gasteiger partial charge >= 0.3 is 0 Å². The third kappa shape index (κ3) is 3.54. The molecule has 7 heteroatoms. The van der Waals surface area contributed by atoms with Crippen molar-refractivity contribution in [2.24, 2.45) is 0 Å². The fourth-order valence-corrected chi connectivity index (χ4v) is 2.20. The van der Waals surface area contributed by atoms with Crippen molar-refractivity contribution in [1.29, 1.82) is 0 Å². The number of amides is 1. The smallest absolute Gasteiger partial charge is 0.273 e. The molecule has 0 bridgehead atoms. The molecular formula is C16H12ClFN4O. The van der Waals surface area contributed by atoms with Gasteiger partial charge in [-0.2, -0.15) is 0 Å². The van der Waals surface area contributed by atoms with Crippen molar-refractivity contribution in [2.45, 2.75) is 6.54 Å². The fourth-order valence-electron chi connectivity index (χ4n) is 2.00. The zero-order valence-electron chi connectivity index (χ0n) is 11.9. The van der Waals surface area contributed by atoms with Crippen LogP contribution in [0.1, 0.15) is 16.1 Å². The molecule has 5 nitrogen and oxygen atoms in total. The maximum absolute atomic E-state index is 12.9. The third-order valence-electron chi connectivity index (χ3n) is 3.21. The number of hydrogen-bond acceptors (Lipinski definition) is 3. The summed E-state index contributed by atoms with van der Waals surface area (Å²) in [6, 6.07) is 13.0. The summed E-state index contributed by atoms with van der Waals surface area (Å²) >= 11 is 6.04. The van der Waals surface area contributed by atoms with E-state index in [2.05, 4.69) is 15.6 Å². The number of carbonyl (C=O) groups is 1. The molecule has 0 radical (unpaired) electrons. The number of halogens is 2. The summed E-state index contributed by atoms with van der Waals surface area (Å²) in [4.78, 5) is 12.1. The highest BCUT2D eigenvalue weighted by Gasteiger charge is 2.12. The van der Waals surface area contributed by atoms with E-state index in [9.17, 15) is 9.18 Å². The van der Waals surface area contributed by atoms with Gasteiger partial charge in [-0.3, -0.25) is 4.79 Å². The number of nitrogens with one attached hydrogen (secondary N) is 1. The van der Waals surface area contributed by atoms with Crippen molar-refractivity contribution >= 4 is 17.5 Å². The van der Waals surface area contributed by atoms with Crippen LogP contribution in [0.25, 0.3) is 5.69 Å². The number of hydrogen-bond donors (Lipinski definition) is 1. The first-order valence-electron chi connectivity index (χ1n) is 6.83. The van der Waals surface area contributed by atoms with E-state index in [4.69, 9.17) is 11.6 Å². The van der Waals surface area contributed by atoms with Crippen LogP contribution in [0.2, 0.25) is 5.02 Å². The van der Waals surface area contributed by atoms with Gasteiger partial charge in [0.05, 0.1) is 11.9 Å². The van der Waals surface area contributed by atoms with E-state index in [1.807, 2.05) is 18.2 Å². The molecule has 1 heterocycles. The summed E-state index contributed by atoms with van der Waals surface area (Å²) < 4.78 is 14.3. The van der Waals surface area contributed by atoms with Crippen LogP contribution in [0.15, 0.2) is 54.7 Å².